The van der Waals surface area contributed by atoms with Gasteiger partial charge in [-0.1, -0.05) is 6.92 Å². The van der Waals surface area contributed by atoms with Crippen LogP contribution >= 0.6 is 0 Å². The number of rotatable bonds is 0. The Morgan fingerprint density at radius 1 is 1.17 bits per heavy atom. The normalized spacial score (nSPS) is 45.0. The Kier molecular flexibility index (Phi) is 3.46. The first-order valence-electron chi connectivity index (χ1n) is 4.25. The molecule has 4 nitrogen and oxygen atoms in total. The van der Waals surface area contributed by atoms with E-state index in [1.807, 2.05) is 0 Å². The highest BCUT2D eigenvalue weighted by Gasteiger charge is 2.30. The zero-order valence-corrected chi connectivity index (χ0v) is 7.18. The fourth-order valence-electron chi connectivity index (χ4n) is 1.31. The molecule has 1 aliphatic heterocycles. The van der Waals surface area contributed by atoms with Crippen molar-refractivity contribution in [2.24, 2.45) is 5.92 Å². The summed E-state index contributed by atoms with van der Waals surface area (Å²) >= 11 is 0. The first kappa shape index (κ1) is 9.92. The molecule has 0 aromatic heterocycles. The van der Waals surface area contributed by atoms with Crippen molar-refractivity contribution in [1.82, 2.24) is 0 Å². The standard InChI is InChI=1S/C8H16O4/c1-5-4-12-3-2-6(9)8(11)7(5)10/h5-11H,2-4H2,1H3. The Hall–Kier alpha value is -0.160. The lowest BCUT2D eigenvalue weighted by atomic mass is 9.95. The maximum atomic E-state index is 9.43. The summed E-state index contributed by atoms with van der Waals surface area (Å²) in [6.07, 6.45) is -2.42. The van der Waals surface area contributed by atoms with E-state index in [-0.39, 0.29) is 5.92 Å². The van der Waals surface area contributed by atoms with Crippen LogP contribution in [0.3, 0.4) is 0 Å². The first-order valence-corrected chi connectivity index (χ1v) is 4.25. The molecule has 0 bridgehead atoms. The van der Waals surface area contributed by atoms with Crippen LogP contribution in [0.5, 0.6) is 0 Å². The summed E-state index contributed by atoms with van der Waals surface area (Å²) in [5.41, 5.74) is 0. The summed E-state index contributed by atoms with van der Waals surface area (Å²) < 4.78 is 5.14. The highest BCUT2D eigenvalue weighted by molar-refractivity contribution is 4.80. The van der Waals surface area contributed by atoms with Crippen molar-refractivity contribution >= 4 is 0 Å². The second kappa shape index (κ2) is 4.18. The summed E-state index contributed by atoms with van der Waals surface area (Å²) in [4.78, 5) is 0. The van der Waals surface area contributed by atoms with Gasteiger partial charge in [-0.2, -0.15) is 0 Å². The van der Waals surface area contributed by atoms with Crippen LogP contribution in [-0.2, 0) is 4.74 Å². The highest BCUT2D eigenvalue weighted by atomic mass is 16.5. The van der Waals surface area contributed by atoms with Gasteiger partial charge in [0.15, 0.2) is 0 Å². The lowest BCUT2D eigenvalue weighted by Gasteiger charge is -2.29. The molecular weight excluding hydrogens is 160 g/mol. The number of aliphatic hydroxyl groups excluding tert-OH is 3. The Morgan fingerprint density at radius 2 is 1.83 bits per heavy atom. The molecule has 0 amide bonds. The van der Waals surface area contributed by atoms with Crippen molar-refractivity contribution in [2.75, 3.05) is 13.2 Å². The molecule has 0 aromatic rings. The van der Waals surface area contributed by atoms with E-state index in [1.54, 1.807) is 6.92 Å². The van der Waals surface area contributed by atoms with Crippen LogP contribution in [0, 0.1) is 5.92 Å². The summed E-state index contributed by atoms with van der Waals surface area (Å²) in [6, 6.07) is 0. The van der Waals surface area contributed by atoms with Crippen LogP contribution in [-0.4, -0.2) is 46.8 Å². The maximum Gasteiger partial charge on any atom is 0.106 e. The molecule has 1 aliphatic rings. The molecule has 0 spiro atoms. The van der Waals surface area contributed by atoms with Gasteiger partial charge in [0.1, 0.15) is 6.10 Å². The van der Waals surface area contributed by atoms with E-state index in [0.717, 1.165) is 0 Å². The zero-order chi connectivity index (χ0) is 9.14. The highest BCUT2D eigenvalue weighted by Crippen LogP contribution is 2.15. The second-order valence-electron chi connectivity index (χ2n) is 3.39. The van der Waals surface area contributed by atoms with Gasteiger partial charge in [-0.05, 0) is 6.42 Å². The average Bonchev–Trinajstić information content (AvgIpc) is 2.07. The van der Waals surface area contributed by atoms with E-state index in [9.17, 15) is 15.3 Å². The summed E-state index contributed by atoms with van der Waals surface area (Å²) in [5, 5.41) is 28.1. The van der Waals surface area contributed by atoms with Gasteiger partial charge in [-0.25, -0.2) is 0 Å². The fourth-order valence-corrected chi connectivity index (χ4v) is 1.31. The van der Waals surface area contributed by atoms with Crippen LogP contribution in [0.1, 0.15) is 13.3 Å². The molecule has 1 saturated heterocycles. The van der Waals surface area contributed by atoms with Crippen molar-refractivity contribution in [3.63, 3.8) is 0 Å². The number of hydrogen-bond acceptors (Lipinski definition) is 4. The van der Waals surface area contributed by atoms with Crippen molar-refractivity contribution in [3.8, 4) is 0 Å². The molecule has 4 heteroatoms. The molecule has 0 saturated carbocycles. The monoisotopic (exact) mass is 176 g/mol. The van der Waals surface area contributed by atoms with E-state index < -0.39 is 18.3 Å². The molecular formula is C8H16O4. The molecule has 4 atom stereocenters. The molecule has 72 valence electrons. The van der Waals surface area contributed by atoms with Crippen molar-refractivity contribution < 1.29 is 20.1 Å². The molecule has 1 heterocycles. The summed E-state index contributed by atoms with van der Waals surface area (Å²) in [5.74, 6) is -0.130. The minimum absolute atomic E-state index is 0.130. The summed E-state index contributed by atoms with van der Waals surface area (Å²) in [7, 11) is 0. The van der Waals surface area contributed by atoms with Gasteiger partial charge in [-0.15, -0.1) is 0 Å². The van der Waals surface area contributed by atoms with E-state index >= 15 is 0 Å². The topological polar surface area (TPSA) is 69.9 Å². The SMILES string of the molecule is CC1COCCC(O)C(O)C1O. The minimum Gasteiger partial charge on any atom is -0.390 e. The van der Waals surface area contributed by atoms with Gasteiger partial charge in [0.05, 0.1) is 18.8 Å². The Bertz CT molecular complexity index is 123. The van der Waals surface area contributed by atoms with Gasteiger partial charge in [-0.3, -0.25) is 0 Å². The van der Waals surface area contributed by atoms with E-state index in [1.165, 1.54) is 0 Å². The third-order valence-corrected chi connectivity index (χ3v) is 2.27. The van der Waals surface area contributed by atoms with Gasteiger partial charge < -0.3 is 20.1 Å². The third kappa shape index (κ3) is 2.17. The summed E-state index contributed by atoms with van der Waals surface area (Å²) in [6.45, 7) is 2.66. The van der Waals surface area contributed by atoms with Crippen molar-refractivity contribution in [1.29, 1.82) is 0 Å². The molecule has 1 rings (SSSR count). The lowest BCUT2D eigenvalue weighted by molar-refractivity contribution is -0.114. The largest absolute Gasteiger partial charge is 0.390 e. The predicted molar refractivity (Wildman–Crippen MR) is 42.6 cm³/mol. The van der Waals surface area contributed by atoms with Gasteiger partial charge in [0.2, 0.25) is 0 Å². The molecule has 0 aliphatic carbocycles. The van der Waals surface area contributed by atoms with E-state index in [0.29, 0.717) is 19.6 Å². The van der Waals surface area contributed by atoms with Crippen LogP contribution in [0.15, 0.2) is 0 Å². The molecule has 12 heavy (non-hydrogen) atoms. The number of aliphatic hydroxyl groups is 3. The van der Waals surface area contributed by atoms with Gasteiger partial charge in [0.25, 0.3) is 0 Å². The average molecular weight is 176 g/mol. The molecule has 1 fully saturated rings. The van der Waals surface area contributed by atoms with Crippen LogP contribution in [0.4, 0.5) is 0 Å². The predicted octanol–water partition coefficient (Wildman–Crippen LogP) is -0.875. The molecule has 0 radical (unpaired) electrons. The van der Waals surface area contributed by atoms with E-state index in [2.05, 4.69) is 0 Å². The van der Waals surface area contributed by atoms with E-state index in [4.69, 9.17) is 4.74 Å². The molecule has 0 aromatic carbocycles. The Labute approximate surface area is 71.8 Å². The fraction of sp³-hybridized carbons (Fsp3) is 1.00. The second-order valence-corrected chi connectivity index (χ2v) is 3.39. The molecule has 4 unspecified atom stereocenters. The lowest BCUT2D eigenvalue weighted by Crippen LogP contribution is -2.44. The van der Waals surface area contributed by atoms with Crippen LogP contribution in [0.25, 0.3) is 0 Å². The minimum atomic E-state index is -1.04. The van der Waals surface area contributed by atoms with Gasteiger partial charge >= 0.3 is 0 Å². The number of ether oxygens (including phenoxy) is 1. The quantitative estimate of drug-likeness (QED) is 0.448. The smallest absolute Gasteiger partial charge is 0.106 e. The Morgan fingerprint density at radius 3 is 2.50 bits per heavy atom. The first-order chi connectivity index (χ1) is 5.63. The maximum absolute atomic E-state index is 9.43. The Balaban J connectivity index is 2.55. The van der Waals surface area contributed by atoms with Crippen LogP contribution in [0.2, 0.25) is 0 Å². The van der Waals surface area contributed by atoms with Crippen molar-refractivity contribution in [2.45, 2.75) is 31.7 Å². The van der Waals surface area contributed by atoms with Crippen LogP contribution < -0.4 is 0 Å². The zero-order valence-electron chi connectivity index (χ0n) is 7.18. The molecule has 3 N–H and O–H groups in total. The van der Waals surface area contributed by atoms with Crippen molar-refractivity contribution in [3.05, 3.63) is 0 Å². The third-order valence-electron chi connectivity index (χ3n) is 2.27. The number of hydrogen-bond donors (Lipinski definition) is 3. The van der Waals surface area contributed by atoms with Gasteiger partial charge in [0, 0.05) is 12.5 Å².